The molecule has 50 heavy (non-hydrogen) atoms. The van der Waals surface area contributed by atoms with Crippen molar-refractivity contribution in [3.05, 3.63) is 133 Å². The van der Waals surface area contributed by atoms with Crippen molar-refractivity contribution in [2.24, 2.45) is 0 Å². The Bertz CT molecular complexity index is 1940. The van der Waals surface area contributed by atoms with E-state index in [2.05, 4.69) is 66.3 Å². The molecule has 5 nitrogen and oxygen atoms in total. The van der Waals surface area contributed by atoms with Crippen LogP contribution in [0.2, 0.25) is 0 Å². The summed E-state index contributed by atoms with van der Waals surface area (Å²) in [4.78, 5) is 10.1. The third-order valence-electron chi connectivity index (χ3n) is 7.85. The Morgan fingerprint density at radius 1 is 0.840 bits per heavy atom. The predicted octanol–water partition coefficient (Wildman–Crippen LogP) is 10.4. The number of hydrogen-bond acceptors (Lipinski definition) is 4. The number of hydrogen-bond donors (Lipinski definition) is 1. The zero-order chi connectivity index (χ0) is 35.7. The summed E-state index contributed by atoms with van der Waals surface area (Å²) in [5.74, 6) is 0. The van der Waals surface area contributed by atoms with Gasteiger partial charge in [0.25, 0.3) is 0 Å². The third kappa shape index (κ3) is 8.85. The molecule has 6 rings (SSSR count). The van der Waals surface area contributed by atoms with Crippen molar-refractivity contribution in [1.82, 2.24) is 14.8 Å². The third-order valence-corrected chi connectivity index (χ3v) is 7.85. The monoisotopic (exact) mass is 870 g/mol. The van der Waals surface area contributed by atoms with Crippen molar-refractivity contribution in [2.75, 3.05) is 24.3 Å². The molecule has 0 aliphatic carbocycles. The van der Waals surface area contributed by atoms with Crippen LogP contribution in [0.15, 0.2) is 85.3 Å². The SMILES string of the molecule is C/C=C\N(C)[CH-]Nc1[c-]c(N2C=CN(C)[CH-]2)cc(-c2c(C)cc(C)cc2C)c1.FC(F)(F)c1ccc2[n-]c3ccc(C(F)(F)F)cc3c2c1.[Pt+4]. The van der Waals surface area contributed by atoms with Crippen LogP contribution in [0.5, 0.6) is 0 Å². The molecule has 4 aromatic carbocycles. The number of anilines is 2. The van der Waals surface area contributed by atoms with E-state index in [1.54, 1.807) is 0 Å². The van der Waals surface area contributed by atoms with Gasteiger partial charge in [-0.1, -0.05) is 48.0 Å². The van der Waals surface area contributed by atoms with Gasteiger partial charge in [0.1, 0.15) is 0 Å². The van der Waals surface area contributed by atoms with Crippen molar-refractivity contribution in [2.45, 2.75) is 40.0 Å². The first-order valence-corrected chi connectivity index (χ1v) is 15.3. The molecule has 0 atom stereocenters. The zero-order valence-electron chi connectivity index (χ0n) is 28.1. The van der Waals surface area contributed by atoms with E-state index in [0.29, 0.717) is 0 Å². The van der Waals surface area contributed by atoms with Gasteiger partial charge in [0.2, 0.25) is 0 Å². The minimum atomic E-state index is -4.56. The molecule has 2 heterocycles. The number of allylic oxidation sites excluding steroid dienone is 1. The molecular weight excluding hydrogens is 836 g/mol. The van der Waals surface area contributed by atoms with E-state index in [0.717, 1.165) is 47.8 Å². The van der Waals surface area contributed by atoms with Gasteiger partial charge in [-0.25, -0.2) is 0 Å². The van der Waals surface area contributed by atoms with Gasteiger partial charge in [0, 0.05) is 0 Å². The summed E-state index contributed by atoms with van der Waals surface area (Å²) in [7, 11) is 4.02. The van der Waals surface area contributed by atoms with Gasteiger partial charge in [-0.3, -0.25) is 0 Å². The smallest absolute Gasteiger partial charge is 0.657 e. The number of halogens is 6. The van der Waals surface area contributed by atoms with Crippen LogP contribution < -0.4 is 15.2 Å². The number of aromatic nitrogens is 1. The number of rotatable bonds is 6. The molecule has 0 bridgehead atoms. The number of nitrogens with zero attached hydrogens (tertiary/aromatic N) is 4. The summed E-state index contributed by atoms with van der Waals surface area (Å²) < 4.78 is 76.1. The molecule has 12 heteroatoms. The molecule has 0 saturated carbocycles. The maximum atomic E-state index is 12.7. The van der Waals surface area contributed by atoms with Crippen LogP contribution in [-0.2, 0) is 33.4 Å². The Hall–Kier alpha value is -4.37. The Balaban J connectivity index is 0.000000229. The first-order valence-electron chi connectivity index (χ1n) is 15.3. The van der Waals surface area contributed by atoms with Crippen LogP contribution >= 0.6 is 0 Å². The number of nitrogens with one attached hydrogen (secondary N) is 1. The van der Waals surface area contributed by atoms with Crippen molar-refractivity contribution < 1.29 is 47.4 Å². The van der Waals surface area contributed by atoms with E-state index in [9.17, 15) is 26.3 Å². The number of benzene rings is 4. The molecule has 1 N–H and O–H groups in total. The molecule has 0 unspecified atom stereocenters. The fourth-order valence-electron chi connectivity index (χ4n) is 5.77. The van der Waals surface area contributed by atoms with Gasteiger partial charge < -0.3 is 25.0 Å². The fourth-order valence-corrected chi connectivity index (χ4v) is 5.77. The Morgan fingerprint density at radius 3 is 1.88 bits per heavy atom. The topological polar surface area (TPSA) is 35.9 Å². The molecule has 0 saturated heterocycles. The largest absolute Gasteiger partial charge is 4.00 e. The van der Waals surface area contributed by atoms with Crippen LogP contribution in [-0.4, -0.2) is 23.9 Å². The summed E-state index contributed by atoms with van der Waals surface area (Å²) in [6.45, 7) is 12.5. The quantitative estimate of drug-likeness (QED) is 0.136. The maximum absolute atomic E-state index is 12.7. The van der Waals surface area contributed by atoms with E-state index in [1.807, 2.05) is 68.8 Å². The molecule has 0 spiro atoms. The average molecular weight is 871 g/mol. The molecular formula is C38H35F6N5Pt. The number of fused-ring (bicyclic) bond motifs is 3. The number of alkyl halides is 6. The Kier molecular flexibility index (Phi) is 11.7. The van der Waals surface area contributed by atoms with E-state index < -0.39 is 23.5 Å². The molecule has 264 valence electrons. The fraction of sp³-hybridized carbons (Fsp3) is 0.211. The average Bonchev–Trinajstić information content (AvgIpc) is 3.62. The van der Waals surface area contributed by atoms with E-state index in [4.69, 9.17) is 0 Å². The standard InChI is InChI=1S/C24H29N4.C14H6F6N.Pt/c1-7-8-26(5)16-25-22-13-21(24-19(3)11-18(2)12-20(24)4)14-23(15-22)28-10-9-27(6)17-28;15-13(16,17)7-1-3-11-9(5-7)10-6-8(14(18,19)20)2-4-12(10)21-11;/h7-14,16-17,25H,1-6H3;1-6H;/q-3;-1;+4/b8-7-;;. The summed E-state index contributed by atoms with van der Waals surface area (Å²) in [6, 6.07) is 18.0. The second kappa shape index (κ2) is 15.3. The molecule has 1 aromatic heterocycles. The maximum Gasteiger partial charge on any atom is 4.00 e. The van der Waals surface area contributed by atoms with Crippen molar-refractivity contribution in [3.8, 4) is 11.1 Å². The second-order valence-electron chi connectivity index (χ2n) is 11.9. The van der Waals surface area contributed by atoms with Gasteiger partial charge in [-0.05, 0) is 100.0 Å². The van der Waals surface area contributed by atoms with Gasteiger partial charge in [-0.2, -0.15) is 39.7 Å². The van der Waals surface area contributed by atoms with Gasteiger partial charge in [0.15, 0.2) is 0 Å². The molecule has 0 amide bonds. The van der Waals surface area contributed by atoms with Gasteiger partial charge >= 0.3 is 33.4 Å². The normalized spacial score (nSPS) is 13.2. The van der Waals surface area contributed by atoms with Crippen molar-refractivity contribution in [1.29, 1.82) is 0 Å². The Morgan fingerprint density at radius 2 is 1.40 bits per heavy atom. The second-order valence-corrected chi connectivity index (χ2v) is 11.9. The summed E-state index contributed by atoms with van der Waals surface area (Å²) >= 11 is 0. The van der Waals surface area contributed by atoms with Gasteiger partial charge in [0.05, 0.1) is 11.1 Å². The Labute approximate surface area is 302 Å². The number of aryl methyl sites for hydroxylation is 3. The predicted molar refractivity (Wildman–Crippen MR) is 184 cm³/mol. The summed E-state index contributed by atoms with van der Waals surface area (Å²) in [5.41, 5.74) is 6.90. The van der Waals surface area contributed by atoms with Crippen molar-refractivity contribution in [3.63, 3.8) is 0 Å². The molecule has 1 aliphatic rings. The molecule has 0 fully saturated rings. The first-order chi connectivity index (χ1) is 23.0. The van der Waals surface area contributed by atoms with Crippen LogP contribution in [0.3, 0.4) is 0 Å². The van der Waals surface area contributed by atoms with Crippen molar-refractivity contribution >= 4 is 33.2 Å². The summed E-state index contributed by atoms with van der Waals surface area (Å²) in [6.07, 6.45) is -1.04. The van der Waals surface area contributed by atoms with E-state index >= 15 is 0 Å². The molecule has 1 aliphatic heterocycles. The van der Waals surface area contributed by atoms with Crippen LogP contribution in [0.1, 0.15) is 34.7 Å². The molecule has 0 radical (unpaired) electrons. The van der Waals surface area contributed by atoms with Crippen LogP contribution in [0.25, 0.3) is 32.9 Å². The van der Waals surface area contributed by atoms with Crippen LogP contribution in [0.4, 0.5) is 37.7 Å². The first kappa shape index (κ1) is 38.4. The van der Waals surface area contributed by atoms with E-state index in [-0.39, 0.29) is 42.9 Å². The van der Waals surface area contributed by atoms with E-state index in [1.165, 1.54) is 27.8 Å². The minimum Gasteiger partial charge on any atom is -0.657 e. The molecule has 5 aromatic rings. The summed E-state index contributed by atoms with van der Waals surface area (Å²) in [5, 5.41) is 3.50. The van der Waals surface area contributed by atoms with Gasteiger partial charge in [-0.15, -0.1) is 46.2 Å². The minimum absolute atomic E-state index is 0. The zero-order valence-corrected chi connectivity index (χ0v) is 30.4. The van der Waals surface area contributed by atoms with Crippen LogP contribution in [0, 0.1) is 40.2 Å².